The predicted molar refractivity (Wildman–Crippen MR) is 73.9 cm³/mol. The van der Waals surface area contributed by atoms with Gasteiger partial charge in [0, 0.05) is 3.57 Å². The van der Waals surface area contributed by atoms with Crippen LogP contribution in [0.2, 0.25) is 0 Å². The average molecular weight is 454 g/mol. The van der Waals surface area contributed by atoms with Gasteiger partial charge in [0.1, 0.15) is 0 Å². The second-order valence-electron chi connectivity index (χ2n) is 2.71. The third-order valence-electron chi connectivity index (χ3n) is 1.43. The molecule has 0 atom stereocenters. The third-order valence-corrected chi connectivity index (χ3v) is 3.32. The zero-order valence-corrected chi connectivity index (χ0v) is 13.1. The fourth-order valence-electron chi connectivity index (χ4n) is 0.921. The molecule has 84 valence electrons. The average Bonchev–Trinajstić information content (AvgIpc) is 2.07. The van der Waals surface area contributed by atoms with Gasteiger partial charge in [-0.15, -0.1) is 0 Å². The first kappa shape index (κ1) is 13.3. The van der Waals surface area contributed by atoms with Crippen molar-refractivity contribution in [1.82, 2.24) is 0 Å². The summed E-state index contributed by atoms with van der Waals surface area (Å²) in [7, 11) is -2.06. The third kappa shape index (κ3) is 3.94. The topological polar surface area (TPSA) is 52.6 Å². The normalized spacial score (nSPS) is 11.2. The summed E-state index contributed by atoms with van der Waals surface area (Å²) in [5, 5.41) is 0. The van der Waals surface area contributed by atoms with Crippen LogP contribution in [0.25, 0.3) is 0 Å². The van der Waals surface area contributed by atoms with Crippen LogP contribution in [-0.2, 0) is 10.1 Å². The van der Waals surface area contributed by atoms with E-state index in [0.29, 0.717) is 9.32 Å². The van der Waals surface area contributed by atoms with Crippen LogP contribution in [0.3, 0.4) is 0 Å². The second-order valence-corrected chi connectivity index (χ2v) is 6.69. The summed E-state index contributed by atoms with van der Waals surface area (Å²) < 4.78 is 33.6. The minimum Gasteiger partial charge on any atom is -0.493 e. The lowest BCUT2D eigenvalue weighted by Crippen LogP contribution is -2.08. The molecule has 1 rings (SSSR count). The summed E-state index contributed by atoms with van der Waals surface area (Å²) in [5.41, 5.74) is 0. The summed E-state index contributed by atoms with van der Waals surface area (Å²) in [4.78, 5) is 0. The lowest BCUT2D eigenvalue weighted by molar-refractivity contribution is 0.390. The van der Waals surface area contributed by atoms with Gasteiger partial charge < -0.3 is 8.92 Å². The molecule has 0 aliphatic heterocycles. The second kappa shape index (κ2) is 5.04. The number of halogens is 2. The minimum atomic E-state index is -3.53. The van der Waals surface area contributed by atoms with Crippen LogP contribution in [0.1, 0.15) is 0 Å². The van der Waals surface area contributed by atoms with E-state index in [2.05, 4.69) is 22.6 Å². The van der Waals surface area contributed by atoms with E-state index < -0.39 is 10.1 Å². The van der Waals surface area contributed by atoms with Crippen molar-refractivity contribution >= 4 is 55.3 Å². The first-order valence-electron chi connectivity index (χ1n) is 3.76. The van der Waals surface area contributed by atoms with E-state index in [-0.39, 0.29) is 5.75 Å². The van der Waals surface area contributed by atoms with Crippen LogP contribution in [0, 0.1) is 7.14 Å². The molecule has 0 saturated carbocycles. The molecule has 0 aliphatic rings. The van der Waals surface area contributed by atoms with Crippen LogP contribution in [0.4, 0.5) is 0 Å². The highest BCUT2D eigenvalue weighted by atomic mass is 127. The number of hydrogen-bond acceptors (Lipinski definition) is 4. The first-order valence-corrected chi connectivity index (χ1v) is 7.73. The highest BCUT2D eigenvalue weighted by molar-refractivity contribution is 14.1. The number of methoxy groups -OCH3 is 1. The molecule has 0 heterocycles. The molecule has 0 spiro atoms. The molecule has 0 aliphatic carbocycles. The van der Waals surface area contributed by atoms with E-state index >= 15 is 0 Å². The van der Waals surface area contributed by atoms with Gasteiger partial charge in [0.15, 0.2) is 11.5 Å². The van der Waals surface area contributed by atoms with E-state index in [0.717, 1.165) is 9.83 Å². The summed E-state index contributed by atoms with van der Waals surface area (Å²) in [6, 6.07) is 3.52. The molecule has 0 fully saturated rings. The lowest BCUT2D eigenvalue weighted by Gasteiger charge is -2.10. The SMILES string of the molecule is COc1cc(I)cc(I)c1OS(C)(=O)=O. The summed E-state index contributed by atoms with van der Waals surface area (Å²) >= 11 is 4.12. The van der Waals surface area contributed by atoms with Crippen molar-refractivity contribution in [2.24, 2.45) is 0 Å². The maximum atomic E-state index is 11.0. The van der Waals surface area contributed by atoms with E-state index in [9.17, 15) is 8.42 Å². The Labute approximate surface area is 116 Å². The van der Waals surface area contributed by atoms with E-state index in [1.165, 1.54) is 7.11 Å². The number of benzene rings is 1. The minimum absolute atomic E-state index is 0.237. The van der Waals surface area contributed by atoms with Gasteiger partial charge in [0.05, 0.1) is 16.9 Å². The Bertz CT molecular complexity index is 470. The Morgan fingerprint density at radius 2 is 1.87 bits per heavy atom. The van der Waals surface area contributed by atoms with Crippen LogP contribution in [0.15, 0.2) is 12.1 Å². The van der Waals surface area contributed by atoms with Gasteiger partial charge in [-0.3, -0.25) is 0 Å². The van der Waals surface area contributed by atoms with Crippen molar-refractivity contribution in [2.45, 2.75) is 0 Å². The molecule has 0 unspecified atom stereocenters. The van der Waals surface area contributed by atoms with Gasteiger partial charge >= 0.3 is 10.1 Å². The maximum Gasteiger partial charge on any atom is 0.306 e. The molecule has 1 aromatic rings. The molecule has 0 N–H and O–H groups in total. The molecular weight excluding hydrogens is 446 g/mol. The molecule has 0 saturated heterocycles. The van der Waals surface area contributed by atoms with Crippen LogP contribution >= 0.6 is 45.2 Å². The fraction of sp³-hybridized carbons (Fsp3) is 0.250. The molecule has 1 aromatic carbocycles. The Balaban J connectivity index is 3.27. The molecule has 15 heavy (non-hydrogen) atoms. The Morgan fingerprint density at radius 3 is 2.33 bits per heavy atom. The van der Waals surface area contributed by atoms with Crippen molar-refractivity contribution in [2.75, 3.05) is 13.4 Å². The standard InChI is InChI=1S/C8H8I2O4S/c1-13-7-4-5(9)3-6(10)8(7)14-15(2,11)12/h3-4H,1-2H3. The first-order chi connectivity index (χ1) is 6.83. The van der Waals surface area contributed by atoms with Gasteiger partial charge in [-0.25, -0.2) is 0 Å². The summed E-state index contributed by atoms with van der Waals surface area (Å²) in [5.74, 6) is 0.651. The Kier molecular flexibility index (Phi) is 4.47. The smallest absolute Gasteiger partial charge is 0.306 e. The largest absolute Gasteiger partial charge is 0.493 e. The molecule has 4 nitrogen and oxygen atoms in total. The van der Waals surface area contributed by atoms with Crippen molar-refractivity contribution in [3.63, 3.8) is 0 Å². The molecular formula is C8H8I2O4S. The van der Waals surface area contributed by atoms with E-state index in [1.54, 1.807) is 6.07 Å². The molecule has 7 heteroatoms. The highest BCUT2D eigenvalue weighted by Gasteiger charge is 2.15. The molecule has 0 amide bonds. The van der Waals surface area contributed by atoms with Gasteiger partial charge in [0.2, 0.25) is 0 Å². The van der Waals surface area contributed by atoms with Crippen molar-refractivity contribution < 1.29 is 17.3 Å². The van der Waals surface area contributed by atoms with E-state index in [1.807, 2.05) is 28.7 Å². The zero-order valence-electron chi connectivity index (χ0n) is 7.95. The lowest BCUT2D eigenvalue weighted by atomic mass is 10.3. The van der Waals surface area contributed by atoms with Gasteiger partial charge in [0.25, 0.3) is 0 Å². The maximum absolute atomic E-state index is 11.0. The van der Waals surface area contributed by atoms with E-state index in [4.69, 9.17) is 8.92 Å². The Hall–Kier alpha value is 0.230. The van der Waals surface area contributed by atoms with Crippen LogP contribution in [-0.4, -0.2) is 21.8 Å². The molecule has 0 bridgehead atoms. The number of rotatable bonds is 3. The molecule has 0 aromatic heterocycles. The number of hydrogen-bond donors (Lipinski definition) is 0. The van der Waals surface area contributed by atoms with Crippen molar-refractivity contribution in [3.05, 3.63) is 19.3 Å². The van der Waals surface area contributed by atoms with Crippen molar-refractivity contribution in [3.8, 4) is 11.5 Å². The molecule has 0 radical (unpaired) electrons. The van der Waals surface area contributed by atoms with Gasteiger partial charge in [-0.1, -0.05) is 0 Å². The fourth-order valence-corrected chi connectivity index (χ4v) is 3.45. The monoisotopic (exact) mass is 454 g/mol. The zero-order chi connectivity index (χ0) is 11.6. The number of ether oxygens (including phenoxy) is 1. The van der Waals surface area contributed by atoms with Gasteiger partial charge in [-0.2, -0.15) is 8.42 Å². The van der Waals surface area contributed by atoms with Crippen molar-refractivity contribution in [1.29, 1.82) is 0 Å². The highest BCUT2D eigenvalue weighted by Crippen LogP contribution is 2.35. The summed E-state index contributed by atoms with van der Waals surface area (Å²) in [6.07, 6.45) is 1.00. The van der Waals surface area contributed by atoms with Crippen LogP contribution in [0.5, 0.6) is 11.5 Å². The van der Waals surface area contributed by atoms with Gasteiger partial charge in [-0.05, 0) is 57.3 Å². The van der Waals surface area contributed by atoms with Crippen LogP contribution < -0.4 is 8.92 Å². The Morgan fingerprint density at radius 1 is 1.27 bits per heavy atom. The quantitative estimate of drug-likeness (QED) is 0.520. The summed E-state index contributed by atoms with van der Waals surface area (Å²) in [6.45, 7) is 0. The predicted octanol–water partition coefficient (Wildman–Crippen LogP) is 2.24.